The summed E-state index contributed by atoms with van der Waals surface area (Å²) in [7, 11) is 1.63. The lowest BCUT2D eigenvalue weighted by Crippen LogP contribution is -2.15. The van der Waals surface area contributed by atoms with Crippen molar-refractivity contribution in [3.05, 3.63) is 22.7 Å². The van der Waals surface area contributed by atoms with Crippen molar-refractivity contribution in [2.45, 2.75) is 44.7 Å². The zero-order valence-electron chi connectivity index (χ0n) is 12.5. The molecule has 0 aromatic heterocycles. The topological polar surface area (TPSA) is 50.7 Å². The van der Waals surface area contributed by atoms with Gasteiger partial charge in [-0.3, -0.25) is 0 Å². The Balaban J connectivity index is 1.91. The minimum atomic E-state index is 0.229. The summed E-state index contributed by atoms with van der Waals surface area (Å²) in [4.78, 5) is 0. The quantitative estimate of drug-likeness (QED) is 0.652. The van der Waals surface area contributed by atoms with E-state index in [9.17, 15) is 0 Å². The van der Waals surface area contributed by atoms with Crippen LogP contribution in [0.1, 0.15) is 37.7 Å². The monoisotopic (exact) mass is 313 g/mol. The van der Waals surface area contributed by atoms with Crippen molar-refractivity contribution in [1.29, 1.82) is 0 Å². The molecular formula is C16H24ClNO3. The number of methoxy groups -OCH3 is 1. The molecule has 0 heterocycles. The van der Waals surface area contributed by atoms with Gasteiger partial charge in [-0.15, -0.1) is 0 Å². The number of aliphatic hydroxyl groups excluding tert-OH is 1. The van der Waals surface area contributed by atoms with Crippen molar-refractivity contribution in [2.75, 3.05) is 20.3 Å². The normalized spacial score (nSPS) is 14.2. The van der Waals surface area contributed by atoms with Gasteiger partial charge in [0, 0.05) is 19.2 Å². The lowest BCUT2D eigenvalue weighted by molar-refractivity contribution is 0.260. The van der Waals surface area contributed by atoms with Crippen LogP contribution in [-0.2, 0) is 6.54 Å². The van der Waals surface area contributed by atoms with Crippen LogP contribution in [0.2, 0.25) is 5.02 Å². The number of halogens is 1. The van der Waals surface area contributed by atoms with Gasteiger partial charge in [-0.25, -0.2) is 0 Å². The van der Waals surface area contributed by atoms with E-state index in [1.54, 1.807) is 7.11 Å². The van der Waals surface area contributed by atoms with Gasteiger partial charge in [0.2, 0.25) is 0 Å². The van der Waals surface area contributed by atoms with E-state index in [-0.39, 0.29) is 6.61 Å². The SMILES string of the molecule is COc1cc(CNC2CC2)cc(Cl)c1OCCCCCO. The Morgan fingerprint density at radius 2 is 2.10 bits per heavy atom. The molecule has 0 atom stereocenters. The maximum atomic E-state index is 8.75. The fourth-order valence-electron chi connectivity index (χ4n) is 2.13. The van der Waals surface area contributed by atoms with Crippen LogP contribution in [0.4, 0.5) is 0 Å². The van der Waals surface area contributed by atoms with Crippen LogP contribution >= 0.6 is 11.6 Å². The Kier molecular flexibility index (Phi) is 6.61. The zero-order valence-corrected chi connectivity index (χ0v) is 13.3. The third kappa shape index (κ3) is 5.38. The molecule has 1 aromatic carbocycles. The van der Waals surface area contributed by atoms with E-state index in [1.165, 1.54) is 12.8 Å². The van der Waals surface area contributed by atoms with Crippen molar-refractivity contribution < 1.29 is 14.6 Å². The summed E-state index contributed by atoms with van der Waals surface area (Å²) in [6, 6.07) is 4.57. The molecule has 118 valence electrons. The largest absolute Gasteiger partial charge is 0.493 e. The van der Waals surface area contributed by atoms with E-state index < -0.39 is 0 Å². The number of unbranched alkanes of at least 4 members (excludes halogenated alkanes) is 2. The molecule has 1 saturated carbocycles. The first-order chi connectivity index (χ1) is 10.2. The van der Waals surface area contributed by atoms with Gasteiger partial charge in [0.05, 0.1) is 18.7 Å². The third-order valence-corrected chi connectivity index (χ3v) is 3.79. The van der Waals surface area contributed by atoms with Crippen molar-refractivity contribution >= 4 is 11.6 Å². The molecule has 2 rings (SSSR count). The summed E-state index contributed by atoms with van der Waals surface area (Å²) < 4.78 is 11.1. The van der Waals surface area contributed by atoms with Crippen molar-refractivity contribution in [2.24, 2.45) is 0 Å². The molecule has 5 heteroatoms. The van der Waals surface area contributed by atoms with E-state index >= 15 is 0 Å². The number of benzene rings is 1. The van der Waals surface area contributed by atoms with Gasteiger partial charge >= 0.3 is 0 Å². The summed E-state index contributed by atoms with van der Waals surface area (Å²) >= 11 is 6.31. The first kappa shape index (κ1) is 16.4. The highest BCUT2D eigenvalue weighted by molar-refractivity contribution is 6.32. The van der Waals surface area contributed by atoms with E-state index in [0.717, 1.165) is 31.4 Å². The van der Waals surface area contributed by atoms with Gasteiger partial charge in [-0.1, -0.05) is 11.6 Å². The molecule has 1 aromatic rings. The fraction of sp³-hybridized carbons (Fsp3) is 0.625. The molecule has 1 fully saturated rings. The molecule has 21 heavy (non-hydrogen) atoms. The summed E-state index contributed by atoms with van der Waals surface area (Å²) in [5.74, 6) is 1.29. The van der Waals surface area contributed by atoms with Crippen LogP contribution in [0.5, 0.6) is 11.5 Å². The lowest BCUT2D eigenvalue weighted by atomic mass is 10.2. The van der Waals surface area contributed by atoms with Crippen LogP contribution in [0.25, 0.3) is 0 Å². The molecule has 0 aliphatic heterocycles. The molecular weight excluding hydrogens is 290 g/mol. The molecule has 0 unspecified atom stereocenters. The van der Waals surface area contributed by atoms with Crippen molar-refractivity contribution in [1.82, 2.24) is 5.32 Å². The van der Waals surface area contributed by atoms with Crippen LogP contribution < -0.4 is 14.8 Å². The standard InChI is InChI=1S/C16H24ClNO3/c1-20-15-10-12(11-18-13-5-6-13)9-14(17)16(15)21-8-4-2-3-7-19/h9-10,13,18-19H,2-8,11H2,1H3. The Labute approximate surface area is 131 Å². The highest BCUT2D eigenvalue weighted by Crippen LogP contribution is 2.36. The van der Waals surface area contributed by atoms with E-state index in [0.29, 0.717) is 29.2 Å². The highest BCUT2D eigenvalue weighted by Gasteiger charge is 2.20. The number of hydrogen-bond donors (Lipinski definition) is 2. The summed E-state index contributed by atoms with van der Waals surface area (Å²) in [6.07, 6.45) is 5.17. The molecule has 0 radical (unpaired) electrons. The lowest BCUT2D eigenvalue weighted by Gasteiger charge is -2.14. The molecule has 2 N–H and O–H groups in total. The van der Waals surface area contributed by atoms with Gasteiger partial charge in [0.15, 0.2) is 11.5 Å². The predicted octanol–water partition coefficient (Wildman–Crippen LogP) is 3.14. The predicted molar refractivity (Wildman–Crippen MR) is 84.3 cm³/mol. The highest BCUT2D eigenvalue weighted by atomic mass is 35.5. The molecule has 0 amide bonds. The number of ether oxygens (including phenoxy) is 2. The molecule has 1 aliphatic carbocycles. The molecule has 0 saturated heterocycles. The Morgan fingerprint density at radius 1 is 1.29 bits per heavy atom. The summed E-state index contributed by atoms with van der Waals surface area (Å²) in [6.45, 7) is 1.61. The van der Waals surface area contributed by atoms with E-state index in [2.05, 4.69) is 5.32 Å². The van der Waals surface area contributed by atoms with Crippen molar-refractivity contribution in [3.63, 3.8) is 0 Å². The summed E-state index contributed by atoms with van der Waals surface area (Å²) in [5, 5.41) is 12.8. The second kappa shape index (κ2) is 8.47. The van der Waals surface area contributed by atoms with Crippen LogP contribution in [0.3, 0.4) is 0 Å². The number of nitrogens with one attached hydrogen (secondary N) is 1. The first-order valence-electron chi connectivity index (χ1n) is 7.58. The number of hydrogen-bond acceptors (Lipinski definition) is 4. The fourth-order valence-corrected chi connectivity index (χ4v) is 2.42. The maximum Gasteiger partial charge on any atom is 0.179 e. The Hall–Kier alpha value is -0.970. The average molecular weight is 314 g/mol. The maximum absolute atomic E-state index is 8.75. The molecule has 0 bridgehead atoms. The average Bonchev–Trinajstić information content (AvgIpc) is 3.30. The first-order valence-corrected chi connectivity index (χ1v) is 7.96. The zero-order chi connectivity index (χ0) is 15.1. The molecule has 1 aliphatic rings. The number of rotatable bonds is 10. The second-order valence-electron chi connectivity index (χ2n) is 5.40. The van der Waals surface area contributed by atoms with Crippen LogP contribution in [-0.4, -0.2) is 31.5 Å². The van der Waals surface area contributed by atoms with Gasteiger partial charge in [-0.05, 0) is 49.8 Å². The number of aliphatic hydroxyl groups is 1. The van der Waals surface area contributed by atoms with Crippen molar-refractivity contribution in [3.8, 4) is 11.5 Å². The molecule has 0 spiro atoms. The van der Waals surface area contributed by atoms with E-state index in [4.69, 9.17) is 26.2 Å². The summed E-state index contributed by atoms with van der Waals surface area (Å²) in [5.41, 5.74) is 1.11. The Morgan fingerprint density at radius 3 is 2.76 bits per heavy atom. The van der Waals surface area contributed by atoms with Gasteiger partial charge < -0.3 is 19.9 Å². The minimum Gasteiger partial charge on any atom is -0.493 e. The molecule has 4 nitrogen and oxygen atoms in total. The second-order valence-corrected chi connectivity index (χ2v) is 5.80. The van der Waals surface area contributed by atoms with E-state index in [1.807, 2.05) is 12.1 Å². The van der Waals surface area contributed by atoms with Gasteiger partial charge in [-0.2, -0.15) is 0 Å². The Bertz CT molecular complexity index is 449. The van der Waals surface area contributed by atoms with Gasteiger partial charge in [0.25, 0.3) is 0 Å². The van der Waals surface area contributed by atoms with Gasteiger partial charge in [0.1, 0.15) is 0 Å². The van der Waals surface area contributed by atoms with Crippen LogP contribution in [0, 0.1) is 0 Å². The third-order valence-electron chi connectivity index (χ3n) is 3.51. The minimum absolute atomic E-state index is 0.229. The smallest absolute Gasteiger partial charge is 0.179 e. The van der Waals surface area contributed by atoms with Crippen LogP contribution in [0.15, 0.2) is 12.1 Å².